The van der Waals surface area contributed by atoms with Gasteiger partial charge in [-0.05, 0) is 30.3 Å². The standard InChI is InChI=1S/C14H15N3O5S/c1-17-8-4-7-12(17)13(18)15-16-23(20,21)11-6-3-5-10(9-11)14(19)22-2/h3-9,16H,1-2H3,(H,15,18). The Morgan fingerprint density at radius 1 is 1.17 bits per heavy atom. The topological polar surface area (TPSA) is 106 Å². The van der Waals surface area contributed by atoms with Crippen molar-refractivity contribution in [2.75, 3.05) is 7.11 Å². The first-order valence-corrected chi connectivity index (χ1v) is 7.95. The fraction of sp³-hybridized carbons (Fsp3) is 0.143. The van der Waals surface area contributed by atoms with Gasteiger partial charge in [-0.1, -0.05) is 6.07 Å². The predicted octanol–water partition coefficient (Wildman–Crippen LogP) is 0.435. The summed E-state index contributed by atoms with van der Waals surface area (Å²) in [4.78, 5) is 25.1. The summed E-state index contributed by atoms with van der Waals surface area (Å²) in [5, 5.41) is 0. The molecule has 8 nitrogen and oxygen atoms in total. The number of hydrazine groups is 1. The zero-order valence-corrected chi connectivity index (χ0v) is 13.3. The van der Waals surface area contributed by atoms with Crippen molar-refractivity contribution in [3.63, 3.8) is 0 Å². The number of ether oxygens (including phenoxy) is 1. The molecule has 1 amide bonds. The second kappa shape index (κ2) is 6.63. The second-order valence-electron chi connectivity index (χ2n) is 4.58. The molecule has 2 aromatic rings. The van der Waals surface area contributed by atoms with Gasteiger partial charge in [0.15, 0.2) is 0 Å². The summed E-state index contributed by atoms with van der Waals surface area (Å²) in [5.41, 5.74) is 2.49. The number of aryl methyl sites for hydroxylation is 1. The highest BCUT2D eigenvalue weighted by Gasteiger charge is 2.18. The molecule has 0 bridgehead atoms. The monoisotopic (exact) mass is 337 g/mol. The maximum absolute atomic E-state index is 12.2. The van der Waals surface area contributed by atoms with E-state index < -0.39 is 21.9 Å². The SMILES string of the molecule is COC(=O)c1cccc(S(=O)(=O)NNC(=O)c2cccn2C)c1. The summed E-state index contributed by atoms with van der Waals surface area (Å²) in [5.74, 6) is -1.26. The molecule has 0 fully saturated rings. The van der Waals surface area contributed by atoms with Crippen LogP contribution in [0.3, 0.4) is 0 Å². The van der Waals surface area contributed by atoms with Gasteiger partial charge in [-0.15, -0.1) is 4.83 Å². The number of hydrogen-bond donors (Lipinski definition) is 2. The zero-order valence-electron chi connectivity index (χ0n) is 12.4. The van der Waals surface area contributed by atoms with E-state index in [4.69, 9.17) is 0 Å². The normalized spacial score (nSPS) is 11.0. The molecule has 0 radical (unpaired) electrons. The molecule has 2 N–H and O–H groups in total. The van der Waals surface area contributed by atoms with E-state index >= 15 is 0 Å². The highest BCUT2D eigenvalue weighted by molar-refractivity contribution is 7.89. The lowest BCUT2D eigenvalue weighted by Gasteiger charge is -2.09. The summed E-state index contributed by atoms with van der Waals surface area (Å²) in [6.45, 7) is 0. The van der Waals surface area contributed by atoms with Gasteiger partial charge in [-0.3, -0.25) is 10.2 Å². The van der Waals surface area contributed by atoms with E-state index in [1.54, 1.807) is 29.9 Å². The van der Waals surface area contributed by atoms with Crippen molar-refractivity contribution in [2.45, 2.75) is 4.90 Å². The van der Waals surface area contributed by atoms with Crippen molar-refractivity contribution in [1.29, 1.82) is 0 Å². The number of rotatable bonds is 5. The van der Waals surface area contributed by atoms with Crippen molar-refractivity contribution in [2.24, 2.45) is 7.05 Å². The Balaban J connectivity index is 2.15. The summed E-state index contributed by atoms with van der Waals surface area (Å²) in [6, 6.07) is 8.48. The minimum atomic E-state index is -4.02. The molecule has 2 rings (SSSR count). The number of sulfonamides is 1. The van der Waals surface area contributed by atoms with Gasteiger partial charge < -0.3 is 9.30 Å². The lowest BCUT2D eigenvalue weighted by atomic mass is 10.2. The molecule has 0 saturated carbocycles. The minimum Gasteiger partial charge on any atom is -0.465 e. The molecule has 0 saturated heterocycles. The third-order valence-electron chi connectivity index (χ3n) is 3.04. The maximum Gasteiger partial charge on any atom is 0.337 e. The number of methoxy groups -OCH3 is 1. The Bertz CT molecular complexity index is 842. The van der Waals surface area contributed by atoms with Crippen LogP contribution in [-0.4, -0.2) is 32.0 Å². The van der Waals surface area contributed by atoms with E-state index in [-0.39, 0.29) is 16.2 Å². The van der Waals surface area contributed by atoms with Crippen molar-refractivity contribution in [3.8, 4) is 0 Å². The molecular weight excluding hydrogens is 322 g/mol. The van der Waals surface area contributed by atoms with Gasteiger partial charge in [0.05, 0.1) is 17.6 Å². The van der Waals surface area contributed by atoms with Crippen LogP contribution in [0.5, 0.6) is 0 Å². The molecule has 0 aliphatic carbocycles. The van der Waals surface area contributed by atoms with Crippen LogP contribution in [0.15, 0.2) is 47.5 Å². The van der Waals surface area contributed by atoms with Gasteiger partial charge in [0, 0.05) is 13.2 Å². The van der Waals surface area contributed by atoms with E-state index in [0.717, 1.165) is 6.07 Å². The quantitative estimate of drug-likeness (QED) is 0.608. The van der Waals surface area contributed by atoms with Crippen LogP contribution in [0, 0.1) is 0 Å². The summed E-state index contributed by atoms with van der Waals surface area (Å²) in [6.07, 6.45) is 1.66. The van der Waals surface area contributed by atoms with Gasteiger partial charge in [0.25, 0.3) is 15.9 Å². The molecule has 9 heteroatoms. The molecule has 0 aliphatic rings. The van der Waals surface area contributed by atoms with Crippen molar-refractivity contribution in [3.05, 3.63) is 53.9 Å². The first-order valence-electron chi connectivity index (χ1n) is 6.47. The van der Waals surface area contributed by atoms with Crippen LogP contribution >= 0.6 is 0 Å². The minimum absolute atomic E-state index is 0.0872. The second-order valence-corrected chi connectivity index (χ2v) is 6.27. The van der Waals surface area contributed by atoms with Gasteiger partial charge in [0.1, 0.15) is 5.69 Å². The Hall–Kier alpha value is -2.65. The average Bonchev–Trinajstić information content (AvgIpc) is 2.98. The summed E-state index contributed by atoms with van der Waals surface area (Å²) < 4.78 is 30.4. The largest absolute Gasteiger partial charge is 0.465 e. The number of carbonyl (C=O) groups is 2. The molecule has 0 spiro atoms. The first-order chi connectivity index (χ1) is 10.8. The van der Waals surface area contributed by atoms with Gasteiger partial charge in [0.2, 0.25) is 0 Å². The van der Waals surface area contributed by atoms with E-state index in [1.807, 2.05) is 4.83 Å². The number of nitrogens with one attached hydrogen (secondary N) is 2. The van der Waals surface area contributed by atoms with E-state index in [9.17, 15) is 18.0 Å². The van der Waals surface area contributed by atoms with Crippen molar-refractivity contribution in [1.82, 2.24) is 14.8 Å². The van der Waals surface area contributed by atoms with Crippen LogP contribution in [-0.2, 0) is 21.8 Å². The summed E-state index contributed by atoms with van der Waals surface area (Å²) >= 11 is 0. The highest BCUT2D eigenvalue weighted by Crippen LogP contribution is 2.12. The van der Waals surface area contributed by atoms with Crippen LogP contribution < -0.4 is 10.3 Å². The Kier molecular flexibility index (Phi) is 4.82. The molecule has 1 heterocycles. The first kappa shape index (κ1) is 16.7. The van der Waals surface area contributed by atoms with E-state index in [1.165, 1.54) is 25.3 Å². The third-order valence-corrected chi connectivity index (χ3v) is 4.29. The van der Waals surface area contributed by atoms with Crippen LogP contribution in [0.2, 0.25) is 0 Å². The smallest absolute Gasteiger partial charge is 0.337 e. The number of nitrogens with zero attached hydrogens (tertiary/aromatic N) is 1. The molecule has 0 aliphatic heterocycles. The number of esters is 1. The molecule has 1 aromatic heterocycles. The lowest BCUT2D eigenvalue weighted by Crippen LogP contribution is -2.42. The number of aromatic nitrogens is 1. The zero-order chi connectivity index (χ0) is 17.0. The van der Waals surface area contributed by atoms with Gasteiger partial charge >= 0.3 is 5.97 Å². The maximum atomic E-state index is 12.2. The van der Waals surface area contributed by atoms with Crippen LogP contribution in [0.25, 0.3) is 0 Å². The Morgan fingerprint density at radius 3 is 2.52 bits per heavy atom. The molecule has 0 unspecified atom stereocenters. The molecule has 122 valence electrons. The van der Waals surface area contributed by atoms with Gasteiger partial charge in [-0.2, -0.15) is 0 Å². The summed E-state index contributed by atoms with van der Waals surface area (Å²) in [7, 11) is -1.17. The molecular formula is C14H15N3O5S. The third kappa shape index (κ3) is 3.76. The van der Waals surface area contributed by atoms with Gasteiger partial charge in [-0.25, -0.2) is 13.2 Å². The van der Waals surface area contributed by atoms with Crippen molar-refractivity contribution >= 4 is 21.9 Å². The lowest BCUT2D eigenvalue weighted by molar-refractivity contribution is 0.0600. The number of amides is 1. The van der Waals surface area contributed by atoms with Crippen molar-refractivity contribution < 1.29 is 22.7 Å². The van der Waals surface area contributed by atoms with Crippen LogP contribution in [0.1, 0.15) is 20.8 Å². The fourth-order valence-corrected chi connectivity index (χ4v) is 2.73. The number of benzene rings is 1. The molecule has 23 heavy (non-hydrogen) atoms. The molecule has 0 atom stereocenters. The highest BCUT2D eigenvalue weighted by atomic mass is 32.2. The number of hydrogen-bond acceptors (Lipinski definition) is 5. The van der Waals surface area contributed by atoms with E-state index in [2.05, 4.69) is 10.2 Å². The predicted molar refractivity (Wildman–Crippen MR) is 81.0 cm³/mol. The van der Waals surface area contributed by atoms with E-state index in [0.29, 0.717) is 0 Å². The molecule has 1 aromatic carbocycles. The number of carbonyl (C=O) groups excluding carboxylic acids is 2. The average molecular weight is 337 g/mol. The Morgan fingerprint density at radius 2 is 1.91 bits per heavy atom. The van der Waals surface area contributed by atoms with Crippen LogP contribution in [0.4, 0.5) is 0 Å². The Labute approximate surface area is 133 Å². The fourth-order valence-electron chi connectivity index (χ4n) is 1.84.